The van der Waals surface area contributed by atoms with Crippen molar-refractivity contribution in [2.75, 3.05) is 6.61 Å². The predicted molar refractivity (Wildman–Crippen MR) is 102 cm³/mol. The zero-order valence-corrected chi connectivity index (χ0v) is 16.0. The zero-order chi connectivity index (χ0) is 17.7. The van der Waals surface area contributed by atoms with Gasteiger partial charge in [0.05, 0.1) is 0 Å². The second-order valence-electron chi connectivity index (χ2n) is 5.18. The fourth-order valence-electron chi connectivity index (χ4n) is 1.99. The summed E-state index contributed by atoms with van der Waals surface area (Å²) in [5.41, 5.74) is 2.09. The summed E-state index contributed by atoms with van der Waals surface area (Å²) >= 11 is 0.280. The molecule has 25 heavy (non-hydrogen) atoms. The molecule has 3 nitrogen and oxygen atoms in total. The average Bonchev–Trinajstić information content (AvgIpc) is 2.65. The first-order valence-corrected chi connectivity index (χ1v) is 10.2. The maximum atomic E-state index is 11.5. The van der Waals surface area contributed by atoms with E-state index in [2.05, 4.69) is 12.1 Å². The van der Waals surface area contributed by atoms with Crippen LogP contribution in [0.3, 0.4) is 0 Å². The Balaban J connectivity index is 1.97. The van der Waals surface area contributed by atoms with Crippen molar-refractivity contribution in [1.82, 2.24) is 0 Å². The van der Waals surface area contributed by atoms with E-state index in [0.717, 1.165) is 16.5 Å². The van der Waals surface area contributed by atoms with Crippen LogP contribution in [0.15, 0.2) is 84.7 Å². The number of hydrogen-bond acceptors (Lipinski definition) is 3. The molecule has 0 saturated heterocycles. The van der Waals surface area contributed by atoms with Crippen LogP contribution in [-0.2, 0) is 20.9 Å². The van der Waals surface area contributed by atoms with E-state index in [4.69, 9.17) is 9.47 Å². The normalized spacial score (nSPS) is 11.5. The molecular formula is C21H22O3Se. The van der Waals surface area contributed by atoms with Crippen LogP contribution in [0.2, 0.25) is 5.32 Å². The molecule has 0 heterocycles. The maximum absolute atomic E-state index is 11.5. The Morgan fingerprint density at radius 3 is 2.36 bits per heavy atom. The van der Waals surface area contributed by atoms with Crippen LogP contribution in [0.1, 0.15) is 12.5 Å². The summed E-state index contributed by atoms with van der Waals surface area (Å²) in [6.07, 6.45) is 4.99. The SMILES string of the molecule is CCOC(=O)/C=C\C(=C/OCc1ccccc1)C[Se]c1ccccc1. The molecule has 130 valence electrons. The Bertz CT molecular complexity index is 694. The molecule has 2 rings (SSSR count). The number of hydrogen-bond donors (Lipinski definition) is 0. The molecule has 2 aromatic rings. The first-order chi connectivity index (χ1) is 12.3. The van der Waals surface area contributed by atoms with Crippen molar-refractivity contribution in [2.45, 2.75) is 18.8 Å². The van der Waals surface area contributed by atoms with Crippen molar-refractivity contribution >= 4 is 25.4 Å². The second kappa shape index (κ2) is 11.3. The Kier molecular flexibility index (Phi) is 8.60. The third-order valence-corrected chi connectivity index (χ3v) is 5.47. The number of carbonyl (C=O) groups is 1. The van der Waals surface area contributed by atoms with Crippen molar-refractivity contribution in [3.05, 3.63) is 90.2 Å². The summed E-state index contributed by atoms with van der Waals surface area (Å²) < 4.78 is 12.0. The van der Waals surface area contributed by atoms with Crippen molar-refractivity contribution in [2.24, 2.45) is 0 Å². The van der Waals surface area contributed by atoms with Gasteiger partial charge < -0.3 is 0 Å². The molecule has 4 heteroatoms. The molecule has 0 aromatic heterocycles. The molecule has 0 aliphatic rings. The molecule has 0 saturated carbocycles. The van der Waals surface area contributed by atoms with E-state index in [1.54, 1.807) is 19.3 Å². The van der Waals surface area contributed by atoms with Crippen LogP contribution >= 0.6 is 0 Å². The molecule has 0 amide bonds. The van der Waals surface area contributed by atoms with E-state index in [-0.39, 0.29) is 20.9 Å². The second-order valence-corrected chi connectivity index (χ2v) is 7.38. The van der Waals surface area contributed by atoms with Crippen LogP contribution in [0.5, 0.6) is 0 Å². The predicted octanol–water partition coefficient (Wildman–Crippen LogP) is 3.65. The molecule has 0 fully saturated rings. The van der Waals surface area contributed by atoms with Crippen molar-refractivity contribution in [1.29, 1.82) is 0 Å². The van der Waals surface area contributed by atoms with E-state index < -0.39 is 0 Å². The summed E-state index contributed by atoms with van der Waals surface area (Å²) in [4.78, 5) is 11.5. The quantitative estimate of drug-likeness (QED) is 0.212. The summed E-state index contributed by atoms with van der Waals surface area (Å²) in [5.74, 6) is -0.330. The van der Waals surface area contributed by atoms with Gasteiger partial charge in [-0.1, -0.05) is 0 Å². The van der Waals surface area contributed by atoms with Gasteiger partial charge >= 0.3 is 155 Å². The fraction of sp³-hybridized carbons (Fsp3) is 0.190. The van der Waals surface area contributed by atoms with E-state index >= 15 is 0 Å². The molecule has 0 aliphatic carbocycles. The van der Waals surface area contributed by atoms with Gasteiger partial charge in [0.1, 0.15) is 0 Å². The molecule has 0 bridgehead atoms. The Hall–Kier alpha value is -2.29. The summed E-state index contributed by atoms with van der Waals surface area (Å²) in [6, 6.07) is 20.3. The first-order valence-electron chi connectivity index (χ1n) is 8.15. The van der Waals surface area contributed by atoms with Gasteiger partial charge in [0.15, 0.2) is 0 Å². The van der Waals surface area contributed by atoms with Gasteiger partial charge in [-0.05, 0) is 0 Å². The fourth-order valence-corrected chi connectivity index (χ4v) is 3.77. The van der Waals surface area contributed by atoms with E-state index in [1.165, 1.54) is 10.5 Å². The van der Waals surface area contributed by atoms with Gasteiger partial charge in [0.2, 0.25) is 0 Å². The molecule has 2 aromatic carbocycles. The summed E-state index contributed by atoms with van der Waals surface area (Å²) in [7, 11) is 0. The van der Waals surface area contributed by atoms with Crippen LogP contribution in [0, 0.1) is 0 Å². The van der Waals surface area contributed by atoms with Crippen LogP contribution in [-0.4, -0.2) is 27.5 Å². The molecule has 0 radical (unpaired) electrons. The van der Waals surface area contributed by atoms with Gasteiger partial charge in [0, 0.05) is 0 Å². The molecule has 0 atom stereocenters. The summed E-state index contributed by atoms with van der Waals surface area (Å²) in [5, 5.41) is 0.849. The van der Waals surface area contributed by atoms with Crippen molar-refractivity contribution in [3.63, 3.8) is 0 Å². The topological polar surface area (TPSA) is 35.5 Å². The molecule has 0 aliphatic heterocycles. The molecule has 0 N–H and O–H groups in total. The Morgan fingerprint density at radius 2 is 1.68 bits per heavy atom. The van der Waals surface area contributed by atoms with Crippen molar-refractivity contribution in [3.8, 4) is 0 Å². The van der Waals surface area contributed by atoms with Crippen LogP contribution < -0.4 is 4.46 Å². The van der Waals surface area contributed by atoms with Gasteiger partial charge in [-0.15, -0.1) is 0 Å². The number of ether oxygens (including phenoxy) is 2. The zero-order valence-electron chi connectivity index (χ0n) is 14.3. The van der Waals surface area contributed by atoms with E-state index in [1.807, 2.05) is 48.5 Å². The minimum absolute atomic E-state index is 0.280. The van der Waals surface area contributed by atoms with Crippen LogP contribution in [0.25, 0.3) is 0 Å². The number of carbonyl (C=O) groups excluding carboxylic acids is 1. The van der Waals surface area contributed by atoms with E-state index in [9.17, 15) is 4.79 Å². The first kappa shape index (κ1) is 19.0. The van der Waals surface area contributed by atoms with Gasteiger partial charge in [-0.25, -0.2) is 0 Å². The Morgan fingerprint density at radius 1 is 1.00 bits per heavy atom. The Labute approximate surface area is 155 Å². The number of esters is 1. The summed E-state index contributed by atoms with van der Waals surface area (Å²) in [6.45, 7) is 2.68. The number of allylic oxidation sites excluding steroid dienone is 2. The van der Waals surface area contributed by atoms with Crippen molar-refractivity contribution < 1.29 is 14.3 Å². The van der Waals surface area contributed by atoms with Crippen LogP contribution in [0.4, 0.5) is 0 Å². The monoisotopic (exact) mass is 402 g/mol. The molecule has 0 spiro atoms. The van der Waals surface area contributed by atoms with Gasteiger partial charge in [-0.3, -0.25) is 0 Å². The average molecular weight is 401 g/mol. The number of rotatable bonds is 9. The minimum atomic E-state index is -0.330. The molecule has 0 unspecified atom stereocenters. The van der Waals surface area contributed by atoms with E-state index in [0.29, 0.717) is 13.2 Å². The van der Waals surface area contributed by atoms with Gasteiger partial charge in [0.25, 0.3) is 0 Å². The third-order valence-electron chi connectivity index (χ3n) is 3.20. The third kappa shape index (κ3) is 7.88. The number of benzene rings is 2. The standard InChI is InChI=1S/C21H22O3Se/c1-2-24-21(22)14-13-19(17-25-20-11-7-4-8-12-20)16-23-15-18-9-5-3-6-10-18/h3-14,16H,2,15,17H2,1H3/b14-13-,19-16+. The molecular weight excluding hydrogens is 379 g/mol. The van der Waals surface area contributed by atoms with Gasteiger partial charge in [-0.2, -0.15) is 0 Å².